The summed E-state index contributed by atoms with van der Waals surface area (Å²) in [7, 11) is 0. The zero-order valence-electron chi connectivity index (χ0n) is 11.9. The summed E-state index contributed by atoms with van der Waals surface area (Å²) in [6.07, 6.45) is 7.10. The molecule has 0 spiro atoms. The lowest BCUT2D eigenvalue weighted by atomic mass is 9.73. The normalized spacial score (nSPS) is 27.7. The van der Waals surface area contributed by atoms with Gasteiger partial charge in [0.05, 0.1) is 6.10 Å². The number of rotatable bonds is 3. The van der Waals surface area contributed by atoms with E-state index in [1.807, 2.05) is 0 Å². The first-order chi connectivity index (χ1) is 9.31. The fourth-order valence-electron chi connectivity index (χ4n) is 4.00. The van der Waals surface area contributed by atoms with Crippen molar-refractivity contribution in [3.8, 4) is 0 Å². The number of anilines is 1. The molecule has 1 aromatic carbocycles. The van der Waals surface area contributed by atoms with E-state index >= 15 is 0 Å². The minimum Gasteiger partial charge on any atom is -0.388 e. The molecule has 19 heavy (non-hydrogen) atoms. The number of aliphatic hydroxyl groups excluding tert-OH is 1. The van der Waals surface area contributed by atoms with Gasteiger partial charge in [0, 0.05) is 17.8 Å². The van der Waals surface area contributed by atoms with Crippen LogP contribution in [0.2, 0.25) is 0 Å². The van der Waals surface area contributed by atoms with Crippen molar-refractivity contribution in [2.24, 2.45) is 11.8 Å². The van der Waals surface area contributed by atoms with Crippen molar-refractivity contribution in [3.05, 3.63) is 29.3 Å². The van der Waals surface area contributed by atoms with Crippen LogP contribution < -0.4 is 5.32 Å². The molecule has 3 unspecified atom stereocenters. The third-order valence-corrected chi connectivity index (χ3v) is 5.10. The van der Waals surface area contributed by atoms with E-state index in [1.165, 1.54) is 43.4 Å². The first-order valence-electron chi connectivity index (χ1n) is 7.85. The van der Waals surface area contributed by atoms with E-state index in [9.17, 15) is 5.11 Å². The maximum absolute atomic E-state index is 10.9. The quantitative estimate of drug-likeness (QED) is 0.862. The molecule has 0 saturated heterocycles. The van der Waals surface area contributed by atoms with E-state index in [-0.39, 0.29) is 6.10 Å². The second kappa shape index (κ2) is 5.54. The molecule has 2 nitrogen and oxygen atoms in total. The second-order valence-corrected chi connectivity index (χ2v) is 6.12. The molecule has 1 fully saturated rings. The summed E-state index contributed by atoms with van der Waals surface area (Å²) in [5, 5.41) is 14.3. The van der Waals surface area contributed by atoms with Crippen LogP contribution in [0.4, 0.5) is 5.69 Å². The molecule has 3 rings (SSSR count). The minimum absolute atomic E-state index is 0.286. The number of para-hydroxylation sites is 1. The highest BCUT2D eigenvalue weighted by Gasteiger charge is 2.32. The minimum atomic E-state index is -0.286. The smallest absolute Gasteiger partial charge is 0.0840 e. The van der Waals surface area contributed by atoms with Crippen molar-refractivity contribution in [1.29, 1.82) is 0 Å². The fraction of sp³-hybridized carbons (Fsp3) is 0.647. The lowest BCUT2D eigenvalue weighted by Crippen LogP contribution is -2.25. The fourth-order valence-corrected chi connectivity index (χ4v) is 4.00. The number of aliphatic hydroxyl groups is 1. The number of benzene rings is 1. The molecule has 0 aromatic heterocycles. The highest BCUT2D eigenvalue weighted by atomic mass is 16.3. The van der Waals surface area contributed by atoms with Crippen molar-refractivity contribution in [3.63, 3.8) is 0 Å². The van der Waals surface area contributed by atoms with Crippen LogP contribution in [0.5, 0.6) is 0 Å². The number of hydrogen-bond acceptors (Lipinski definition) is 2. The zero-order chi connectivity index (χ0) is 13.2. The molecule has 3 atom stereocenters. The van der Waals surface area contributed by atoms with Crippen LogP contribution in [0.15, 0.2) is 18.2 Å². The number of hydrogen-bond donors (Lipinski definition) is 2. The maximum atomic E-state index is 10.9. The topological polar surface area (TPSA) is 32.3 Å². The Morgan fingerprint density at radius 3 is 3.00 bits per heavy atom. The van der Waals surface area contributed by atoms with Crippen LogP contribution in [0, 0.1) is 11.8 Å². The molecule has 0 amide bonds. The average Bonchev–Trinajstić information content (AvgIpc) is 2.94. The van der Waals surface area contributed by atoms with Crippen LogP contribution in [-0.2, 0) is 6.42 Å². The van der Waals surface area contributed by atoms with Gasteiger partial charge in [-0.15, -0.1) is 0 Å². The van der Waals surface area contributed by atoms with Crippen molar-refractivity contribution in [2.45, 2.75) is 51.6 Å². The van der Waals surface area contributed by atoms with Gasteiger partial charge in [-0.1, -0.05) is 50.8 Å². The van der Waals surface area contributed by atoms with Crippen LogP contribution in [0.1, 0.15) is 56.3 Å². The molecule has 1 aliphatic carbocycles. The highest BCUT2D eigenvalue weighted by molar-refractivity contribution is 5.62. The van der Waals surface area contributed by atoms with Crippen molar-refractivity contribution in [1.82, 2.24) is 0 Å². The zero-order valence-corrected chi connectivity index (χ0v) is 11.9. The molecule has 104 valence electrons. The van der Waals surface area contributed by atoms with E-state index in [4.69, 9.17) is 0 Å². The molecule has 1 heterocycles. The van der Waals surface area contributed by atoms with E-state index in [0.717, 1.165) is 18.5 Å². The molecule has 0 bridgehead atoms. The monoisotopic (exact) mass is 259 g/mol. The lowest BCUT2D eigenvalue weighted by Gasteiger charge is -2.35. The van der Waals surface area contributed by atoms with E-state index < -0.39 is 0 Å². The van der Waals surface area contributed by atoms with Gasteiger partial charge in [-0.25, -0.2) is 0 Å². The number of nitrogens with one attached hydrogen (secondary N) is 1. The Morgan fingerprint density at radius 2 is 2.16 bits per heavy atom. The summed E-state index contributed by atoms with van der Waals surface area (Å²) >= 11 is 0. The Kier molecular flexibility index (Phi) is 3.79. The van der Waals surface area contributed by atoms with Crippen LogP contribution >= 0.6 is 0 Å². The van der Waals surface area contributed by atoms with Gasteiger partial charge < -0.3 is 10.4 Å². The third-order valence-electron chi connectivity index (χ3n) is 5.10. The van der Waals surface area contributed by atoms with Gasteiger partial charge in [-0.2, -0.15) is 0 Å². The molecule has 1 saturated carbocycles. The molecule has 2 aliphatic rings. The van der Waals surface area contributed by atoms with E-state index in [0.29, 0.717) is 11.8 Å². The Morgan fingerprint density at radius 1 is 1.32 bits per heavy atom. The first-order valence-corrected chi connectivity index (χ1v) is 7.85. The second-order valence-electron chi connectivity index (χ2n) is 6.12. The summed E-state index contributed by atoms with van der Waals surface area (Å²) in [5.41, 5.74) is 3.73. The van der Waals surface area contributed by atoms with Gasteiger partial charge >= 0.3 is 0 Å². The molecule has 2 N–H and O–H groups in total. The van der Waals surface area contributed by atoms with Gasteiger partial charge in [0.1, 0.15) is 0 Å². The predicted molar refractivity (Wildman–Crippen MR) is 79.3 cm³/mol. The SMILES string of the molecule is CCC1CCCCC1C(O)c1cccc2c1NCC2. The van der Waals surface area contributed by atoms with Crippen LogP contribution in [0.25, 0.3) is 0 Å². The van der Waals surface area contributed by atoms with Crippen molar-refractivity contribution >= 4 is 5.69 Å². The molecule has 2 heteroatoms. The van der Waals surface area contributed by atoms with E-state index in [1.54, 1.807) is 0 Å². The average molecular weight is 259 g/mol. The standard InChI is InChI=1S/C17H25NO/c1-2-12-6-3-4-8-14(12)17(19)15-9-5-7-13-10-11-18-16(13)15/h5,7,9,12,14,17-19H,2-4,6,8,10-11H2,1H3. The summed E-state index contributed by atoms with van der Waals surface area (Å²) in [6, 6.07) is 6.40. The lowest BCUT2D eigenvalue weighted by molar-refractivity contribution is 0.0457. The van der Waals surface area contributed by atoms with Gasteiger partial charge in [-0.3, -0.25) is 0 Å². The maximum Gasteiger partial charge on any atom is 0.0840 e. The Bertz CT molecular complexity index is 443. The Balaban J connectivity index is 1.87. The molecule has 0 radical (unpaired) electrons. The number of fused-ring (bicyclic) bond motifs is 1. The summed E-state index contributed by atoms with van der Waals surface area (Å²) < 4.78 is 0. The Hall–Kier alpha value is -1.02. The first kappa shape index (κ1) is 13.0. The molecular weight excluding hydrogens is 234 g/mol. The van der Waals surface area contributed by atoms with Gasteiger partial charge in [-0.05, 0) is 30.2 Å². The van der Waals surface area contributed by atoms with Gasteiger partial charge in [0.15, 0.2) is 0 Å². The summed E-state index contributed by atoms with van der Waals surface area (Å²) in [6.45, 7) is 3.28. The van der Waals surface area contributed by atoms with Crippen LogP contribution in [0.3, 0.4) is 0 Å². The van der Waals surface area contributed by atoms with Crippen LogP contribution in [-0.4, -0.2) is 11.7 Å². The summed E-state index contributed by atoms with van der Waals surface area (Å²) in [4.78, 5) is 0. The Labute approximate surface area is 116 Å². The third kappa shape index (κ3) is 2.38. The van der Waals surface area contributed by atoms with Gasteiger partial charge in [0.2, 0.25) is 0 Å². The molecular formula is C17H25NO. The molecule has 1 aliphatic heterocycles. The van der Waals surface area contributed by atoms with E-state index in [2.05, 4.69) is 30.4 Å². The highest BCUT2D eigenvalue weighted by Crippen LogP contribution is 2.43. The van der Waals surface area contributed by atoms with Crippen molar-refractivity contribution < 1.29 is 5.11 Å². The van der Waals surface area contributed by atoms with Crippen molar-refractivity contribution in [2.75, 3.05) is 11.9 Å². The van der Waals surface area contributed by atoms with Gasteiger partial charge in [0.25, 0.3) is 0 Å². The largest absolute Gasteiger partial charge is 0.388 e. The predicted octanol–water partition coefficient (Wildman–Crippen LogP) is 3.90. The summed E-state index contributed by atoms with van der Waals surface area (Å²) in [5.74, 6) is 1.15. The molecule has 1 aromatic rings.